The van der Waals surface area contributed by atoms with E-state index in [1.807, 2.05) is 19.9 Å². The van der Waals surface area contributed by atoms with Gasteiger partial charge >= 0.3 is 6.03 Å². The third kappa shape index (κ3) is 7.14. The summed E-state index contributed by atoms with van der Waals surface area (Å²) < 4.78 is 0. The zero-order valence-electron chi connectivity index (χ0n) is 12.6. The van der Waals surface area contributed by atoms with Gasteiger partial charge in [0.15, 0.2) is 0 Å². The normalized spacial score (nSPS) is 12.2. The number of benzene rings is 1. The van der Waals surface area contributed by atoms with Gasteiger partial charge in [0, 0.05) is 13.1 Å². The average Bonchev–Trinajstić information content (AvgIpc) is 2.36. The van der Waals surface area contributed by atoms with Gasteiger partial charge in [-0.25, -0.2) is 4.79 Å². The number of aryl methyl sites for hydroxylation is 1. The zero-order valence-corrected chi connectivity index (χ0v) is 12.6. The van der Waals surface area contributed by atoms with Crippen LogP contribution < -0.4 is 10.6 Å². The third-order valence-corrected chi connectivity index (χ3v) is 3.02. The number of aliphatic hydroxyl groups excluding tert-OH is 1. The molecule has 4 heteroatoms. The summed E-state index contributed by atoms with van der Waals surface area (Å²) in [6.45, 7) is 7.04. The van der Waals surface area contributed by atoms with Crippen LogP contribution in [0.3, 0.4) is 0 Å². The summed E-state index contributed by atoms with van der Waals surface area (Å²) >= 11 is 0. The van der Waals surface area contributed by atoms with Gasteiger partial charge in [0.2, 0.25) is 0 Å². The van der Waals surface area contributed by atoms with Crippen LogP contribution >= 0.6 is 0 Å². The standard InChI is InChI=1S/C16H26N2O2/c1-12(2)9-15(19)11-18-16(20)17-8-7-14-6-4-5-13(3)10-14/h4-6,10,12,15,19H,7-9,11H2,1-3H3,(H2,17,18,20). The van der Waals surface area contributed by atoms with Crippen molar-refractivity contribution in [3.05, 3.63) is 35.4 Å². The van der Waals surface area contributed by atoms with E-state index >= 15 is 0 Å². The first-order valence-electron chi connectivity index (χ1n) is 7.22. The molecule has 0 bridgehead atoms. The molecule has 1 rings (SSSR count). The Kier molecular flexibility index (Phi) is 7.09. The molecule has 0 aliphatic heterocycles. The first-order chi connectivity index (χ1) is 9.47. The second-order valence-corrected chi connectivity index (χ2v) is 5.66. The highest BCUT2D eigenvalue weighted by Crippen LogP contribution is 2.04. The number of amides is 2. The molecule has 0 saturated carbocycles. The van der Waals surface area contributed by atoms with Crippen molar-refractivity contribution >= 4 is 6.03 Å². The van der Waals surface area contributed by atoms with E-state index in [4.69, 9.17) is 0 Å². The second-order valence-electron chi connectivity index (χ2n) is 5.66. The lowest BCUT2D eigenvalue weighted by Crippen LogP contribution is -2.40. The minimum atomic E-state index is -0.475. The molecule has 112 valence electrons. The highest BCUT2D eigenvalue weighted by atomic mass is 16.3. The minimum Gasteiger partial charge on any atom is -0.391 e. The third-order valence-electron chi connectivity index (χ3n) is 3.02. The van der Waals surface area contributed by atoms with Crippen LogP contribution in [0.5, 0.6) is 0 Å². The largest absolute Gasteiger partial charge is 0.391 e. The van der Waals surface area contributed by atoms with E-state index in [0.717, 1.165) is 6.42 Å². The molecule has 1 aromatic carbocycles. The van der Waals surface area contributed by atoms with Crippen LogP contribution in [0.2, 0.25) is 0 Å². The monoisotopic (exact) mass is 278 g/mol. The van der Waals surface area contributed by atoms with Crippen LogP contribution in [0.4, 0.5) is 4.79 Å². The SMILES string of the molecule is Cc1cccc(CCNC(=O)NCC(O)CC(C)C)c1. The van der Waals surface area contributed by atoms with Gasteiger partial charge < -0.3 is 15.7 Å². The molecule has 2 amide bonds. The highest BCUT2D eigenvalue weighted by molar-refractivity contribution is 5.73. The maximum Gasteiger partial charge on any atom is 0.314 e. The Morgan fingerprint density at radius 1 is 1.30 bits per heavy atom. The molecular weight excluding hydrogens is 252 g/mol. The Morgan fingerprint density at radius 3 is 2.70 bits per heavy atom. The minimum absolute atomic E-state index is 0.222. The molecule has 0 aliphatic rings. The van der Waals surface area contributed by atoms with Gasteiger partial charge in [0.25, 0.3) is 0 Å². The molecule has 0 aromatic heterocycles. The topological polar surface area (TPSA) is 61.4 Å². The van der Waals surface area contributed by atoms with Crippen LogP contribution in [0.25, 0.3) is 0 Å². The molecule has 20 heavy (non-hydrogen) atoms. The fourth-order valence-electron chi connectivity index (χ4n) is 2.09. The van der Waals surface area contributed by atoms with E-state index in [1.165, 1.54) is 11.1 Å². The Balaban J connectivity index is 2.17. The second kappa shape index (κ2) is 8.59. The van der Waals surface area contributed by atoms with Crippen molar-refractivity contribution < 1.29 is 9.90 Å². The van der Waals surface area contributed by atoms with Crippen LogP contribution in [0.1, 0.15) is 31.4 Å². The van der Waals surface area contributed by atoms with Gasteiger partial charge in [-0.2, -0.15) is 0 Å². The Labute approximate surface area is 121 Å². The number of aliphatic hydroxyl groups is 1. The summed E-state index contributed by atoms with van der Waals surface area (Å²) in [6, 6.07) is 8.03. The van der Waals surface area contributed by atoms with Gasteiger partial charge in [-0.3, -0.25) is 0 Å². The number of rotatable bonds is 7. The van der Waals surface area contributed by atoms with Crippen LogP contribution in [-0.4, -0.2) is 30.3 Å². The van der Waals surface area contributed by atoms with E-state index in [9.17, 15) is 9.90 Å². The molecule has 0 fully saturated rings. The highest BCUT2D eigenvalue weighted by Gasteiger charge is 2.08. The number of carbonyl (C=O) groups excluding carboxylic acids is 1. The van der Waals surface area contributed by atoms with E-state index in [2.05, 4.69) is 35.8 Å². The number of carbonyl (C=O) groups is 1. The van der Waals surface area contributed by atoms with Gasteiger partial charge in [-0.15, -0.1) is 0 Å². The maximum absolute atomic E-state index is 11.6. The number of hydrogen-bond acceptors (Lipinski definition) is 2. The molecule has 1 atom stereocenters. The van der Waals surface area contributed by atoms with E-state index in [0.29, 0.717) is 25.4 Å². The van der Waals surface area contributed by atoms with Crippen molar-refractivity contribution in [2.75, 3.05) is 13.1 Å². The fraction of sp³-hybridized carbons (Fsp3) is 0.562. The van der Waals surface area contributed by atoms with Crippen molar-refractivity contribution in [1.82, 2.24) is 10.6 Å². The van der Waals surface area contributed by atoms with E-state index in [-0.39, 0.29) is 6.03 Å². The average molecular weight is 278 g/mol. The zero-order chi connectivity index (χ0) is 15.0. The Morgan fingerprint density at radius 2 is 2.05 bits per heavy atom. The van der Waals surface area contributed by atoms with Crippen LogP contribution in [0, 0.1) is 12.8 Å². The van der Waals surface area contributed by atoms with E-state index < -0.39 is 6.10 Å². The van der Waals surface area contributed by atoms with Gasteiger partial charge in [-0.1, -0.05) is 43.7 Å². The van der Waals surface area contributed by atoms with Crippen molar-refractivity contribution in [3.8, 4) is 0 Å². The Bertz CT molecular complexity index is 419. The first-order valence-corrected chi connectivity index (χ1v) is 7.22. The van der Waals surface area contributed by atoms with Crippen LogP contribution in [0.15, 0.2) is 24.3 Å². The molecule has 0 spiro atoms. The first kappa shape index (κ1) is 16.5. The molecule has 1 unspecified atom stereocenters. The molecule has 0 saturated heterocycles. The smallest absolute Gasteiger partial charge is 0.314 e. The number of hydrogen-bond donors (Lipinski definition) is 3. The maximum atomic E-state index is 11.6. The molecule has 0 heterocycles. The van der Waals surface area contributed by atoms with Crippen LogP contribution in [-0.2, 0) is 6.42 Å². The lowest BCUT2D eigenvalue weighted by molar-refractivity contribution is 0.147. The summed E-state index contributed by atoms with van der Waals surface area (Å²) in [5.41, 5.74) is 2.44. The van der Waals surface area contributed by atoms with Crippen molar-refractivity contribution in [2.24, 2.45) is 5.92 Å². The molecule has 4 nitrogen and oxygen atoms in total. The predicted octanol–water partition coefficient (Wildman–Crippen LogP) is 2.24. The number of nitrogens with one attached hydrogen (secondary N) is 2. The van der Waals surface area contributed by atoms with Gasteiger partial charge in [-0.05, 0) is 31.2 Å². The lowest BCUT2D eigenvalue weighted by Gasteiger charge is -2.14. The van der Waals surface area contributed by atoms with E-state index in [1.54, 1.807) is 0 Å². The molecule has 0 aliphatic carbocycles. The fourth-order valence-corrected chi connectivity index (χ4v) is 2.09. The van der Waals surface area contributed by atoms with Gasteiger partial charge in [0.1, 0.15) is 0 Å². The van der Waals surface area contributed by atoms with Crippen molar-refractivity contribution in [1.29, 1.82) is 0 Å². The molecular formula is C16H26N2O2. The molecule has 3 N–H and O–H groups in total. The lowest BCUT2D eigenvalue weighted by atomic mass is 10.1. The van der Waals surface area contributed by atoms with Crippen molar-refractivity contribution in [2.45, 2.75) is 39.7 Å². The van der Waals surface area contributed by atoms with Crippen molar-refractivity contribution in [3.63, 3.8) is 0 Å². The predicted molar refractivity (Wildman–Crippen MR) is 81.7 cm³/mol. The summed E-state index contributed by atoms with van der Waals surface area (Å²) in [7, 11) is 0. The quantitative estimate of drug-likeness (QED) is 0.716. The molecule has 0 radical (unpaired) electrons. The summed E-state index contributed by atoms with van der Waals surface area (Å²) in [5.74, 6) is 0.427. The van der Waals surface area contributed by atoms with Gasteiger partial charge in [0.05, 0.1) is 6.10 Å². The molecule has 1 aromatic rings. The summed E-state index contributed by atoms with van der Waals surface area (Å²) in [5, 5.41) is 15.1. The summed E-state index contributed by atoms with van der Waals surface area (Å²) in [4.78, 5) is 11.6. The summed E-state index contributed by atoms with van der Waals surface area (Å²) in [6.07, 6.45) is 1.03. The Hall–Kier alpha value is -1.55. The number of urea groups is 1.